The summed E-state index contributed by atoms with van der Waals surface area (Å²) in [7, 11) is 0. The molecule has 2 rings (SSSR count). The maximum absolute atomic E-state index is 10.6. The van der Waals surface area contributed by atoms with Crippen molar-refractivity contribution in [1.82, 2.24) is 9.97 Å². The van der Waals surface area contributed by atoms with Crippen LogP contribution in [0.2, 0.25) is 5.15 Å². The maximum Gasteiger partial charge on any atom is 0.158 e. The third-order valence-electron chi connectivity index (χ3n) is 3.81. The van der Waals surface area contributed by atoms with Crippen LogP contribution in [0.3, 0.4) is 0 Å². The van der Waals surface area contributed by atoms with E-state index in [-0.39, 0.29) is 0 Å². The Labute approximate surface area is 131 Å². The van der Waals surface area contributed by atoms with Gasteiger partial charge in [0, 0.05) is 19.2 Å². The van der Waals surface area contributed by atoms with Gasteiger partial charge in [0.15, 0.2) is 5.82 Å². The molecule has 1 aromatic rings. The fourth-order valence-corrected chi connectivity index (χ4v) is 2.83. The van der Waals surface area contributed by atoms with Gasteiger partial charge in [-0.1, -0.05) is 37.3 Å². The Hall–Kier alpha value is -0.910. The molecule has 1 fully saturated rings. The highest BCUT2D eigenvalue weighted by atomic mass is 35.5. The van der Waals surface area contributed by atoms with Crippen molar-refractivity contribution in [3.63, 3.8) is 0 Å². The summed E-state index contributed by atoms with van der Waals surface area (Å²) in [6.45, 7) is 3.37. The summed E-state index contributed by atoms with van der Waals surface area (Å²) in [6, 6.07) is 1.68. The van der Waals surface area contributed by atoms with Gasteiger partial charge in [-0.2, -0.15) is 0 Å². The first-order valence-electron chi connectivity index (χ1n) is 7.69. The molecule has 2 N–H and O–H groups in total. The molecule has 0 spiro atoms. The molecule has 1 aliphatic carbocycles. The molecule has 6 heteroatoms. The summed E-state index contributed by atoms with van der Waals surface area (Å²) >= 11 is 6.00. The van der Waals surface area contributed by atoms with E-state index in [0.717, 1.165) is 25.7 Å². The molecule has 1 saturated carbocycles. The van der Waals surface area contributed by atoms with Crippen LogP contribution in [0.25, 0.3) is 0 Å². The third kappa shape index (κ3) is 5.41. The molecule has 0 unspecified atom stereocenters. The van der Waals surface area contributed by atoms with Crippen molar-refractivity contribution in [2.45, 2.75) is 57.7 Å². The van der Waals surface area contributed by atoms with Gasteiger partial charge < -0.3 is 15.2 Å². The highest BCUT2D eigenvalue weighted by molar-refractivity contribution is 6.29. The number of aromatic nitrogens is 2. The molecule has 0 aromatic carbocycles. The van der Waals surface area contributed by atoms with Gasteiger partial charge in [-0.3, -0.25) is 0 Å². The van der Waals surface area contributed by atoms with Crippen LogP contribution in [0.5, 0.6) is 0 Å². The topological polar surface area (TPSA) is 67.3 Å². The van der Waals surface area contributed by atoms with Crippen LogP contribution >= 0.6 is 11.6 Å². The van der Waals surface area contributed by atoms with Gasteiger partial charge in [-0.25, -0.2) is 9.97 Å². The standard InChI is InChI=1S/C15H24ClN3O2/c1-2-21-10-14-18-12(16)9-13(19-14)17-11-15(20)7-5-3-4-6-8-15/h9,20H,2-8,10-11H2,1H3,(H,17,18,19). The Balaban J connectivity index is 1.96. The Morgan fingerprint density at radius 1 is 1.29 bits per heavy atom. The van der Waals surface area contributed by atoms with Crippen molar-refractivity contribution < 1.29 is 9.84 Å². The largest absolute Gasteiger partial charge is 0.388 e. The molecule has 1 heterocycles. The van der Waals surface area contributed by atoms with Crippen molar-refractivity contribution in [3.8, 4) is 0 Å². The number of anilines is 1. The molecule has 5 nitrogen and oxygen atoms in total. The molecule has 0 aliphatic heterocycles. The highest BCUT2D eigenvalue weighted by Crippen LogP contribution is 2.27. The zero-order valence-electron chi connectivity index (χ0n) is 12.6. The van der Waals surface area contributed by atoms with Gasteiger partial charge in [0.05, 0.1) is 5.60 Å². The summed E-state index contributed by atoms with van der Waals surface area (Å²) in [4.78, 5) is 8.49. The van der Waals surface area contributed by atoms with E-state index in [9.17, 15) is 5.11 Å². The van der Waals surface area contributed by atoms with E-state index in [1.165, 1.54) is 12.8 Å². The lowest BCUT2D eigenvalue weighted by Gasteiger charge is -2.27. The van der Waals surface area contributed by atoms with Crippen molar-refractivity contribution in [2.24, 2.45) is 0 Å². The number of nitrogens with one attached hydrogen (secondary N) is 1. The number of hydrogen-bond donors (Lipinski definition) is 2. The van der Waals surface area contributed by atoms with Gasteiger partial charge in [0.25, 0.3) is 0 Å². The van der Waals surface area contributed by atoms with E-state index < -0.39 is 5.60 Å². The van der Waals surface area contributed by atoms with Crippen LogP contribution in [0.4, 0.5) is 5.82 Å². The van der Waals surface area contributed by atoms with Crippen LogP contribution in [-0.2, 0) is 11.3 Å². The number of ether oxygens (including phenoxy) is 1. The molecule has 0 bridgehead atoms. The molecular weight excluding hydrogens is 290 g/mol. The predicted octanol–water partition coefficient (Wildman–Crippen LogP) is 3.16. The lowest BCUT2D eigenvalue weighted by Crippen LogP contribution is -2.36. The summed E-state index contributed by atoms with van der Waals surface area (Å²) in [5, 5.41) is 14.2. The minimum atomic E-state index is -0.645. The first kappa shape index (κ1) is 16.5. The smallest absolute Gasteiger partial charge is 0.158 e. The van der Waals surface area contributed by atoms with Gasteiger partial charge in [0.1, 0.15) is 17.6 Å². The average Bonchev–Trinajstić information content (AvgIpc) is 2.68. The summed E-state index contributed by atoms with van der Waals surface area (Å²) in [6.07, 6.45) is 6.26. The summed E-state index contributed by atoms with van der Waals surface area (Å²) < 4.78 is 5.30. The Bertz CT molecular complexity index is 449. The van der Waals surface area contributed by atoms with Crippen LogP contribution in [-0.4, -0.2) is 33.8 Å². The summed E-state index contributed by atoms with van der Waals surface area (Å²) in [5.41, 5.74) is -0.645. The monoisotopic (exact) mass is 313 g/mol. The average molecular weight is 314 g/mol. The number of nitrogens with zero attached hydrogens (tertiary/aromatic N) is 2. The second kappa shape index (κ2) is 7.92. The van der Waals surface area contributed by atoms with Gasteiger partial charge >= 0.3 is 0 Å². The fraction of sp³-hybridized carbons (Fsp3) is 0.733. The van der Waals surface area contributed by atoms with E-state index in [1.807, 2.05) is 6.92 Å². The molecule has 0 atom stereocenters. The van der Waals surface area contributed by atoms with Crippen molar-refractivity contribution in [2.75, 3.05) is 18.5 Å². The van der Waals surface area contributed by atoms with E-state index in [2.05, 4.69) is 15.3 Å². The zero-order valence-corrected chi connectivity index (χ0v) is 13.3. The number of aliphatic hydroxyl groups is 1. The first-order chi connectivity index (χ1) is 10.1. The second-order valence-electron chi connectivity index (χ2n) is 5.62. The van der Waals surface area contributed by atoms with Gasteiger partial charge in [-0.15, -0.1) is 0 Å². The SMILES string of the molecule is CCOCc1nc(Cl)cc(NCC2(O)CCCCCC2)n1. The molecule has 0 saturated heterocycles. The molecule has 118 valence electrons. The van der Waals surface area contributed by atoms with Crippen LogP contribution in [0.1, 0.15) is 51.3 Å². The van der Waals surface area contributed by atoms with E-state index in [0.29, 0.717) is 36.6 Å². The Morgan fingerprint density at radius 3 is 2.67 bits per heavy atom. The summed E-state index contributed by atoms with van der Waals surface area (Å²) in [5.74, 6) is 1.20. The van der Waals surface area contributed by atoms with Gasteiger partial charge in [0.2, 0.25) is 0 Å². The molecule has 1 aromatic heterocycles. The Kier molecular flexibility index (Phi) is 6.21. The minimum absolute atomic E-state index is 0.343. The molecule has 0 radical (unpaired) electrons. The molecule has 0 amide bonds. The molecular formula is C15H24ClN3O2. The highest BCUT2D eigenvalue weighted by Gasteiger charge is 2.27. The number of rotatable bonds is 6. The zero-order chi connectivity index (χ0) is 15.1. The normalized spacial score (nSPS) is 18.2. The quantitative estimate of drug-likeness (QED) is 0.624. The van der Waals surface area contributed by atoms with Crippen LogP contribution in [0, 0.1) is 0 Å². The predicted molar refractivity (Wildman–Crippen MR) is 83.5 cm³/mol. The molecule has 21 heavy (non-hydrogen) atoms. The van der Waals surface area contributed by atoms with Crippen LogP contribution < -0.4 is 5.32 Å². The van der Waals surface area contributed by atoms with Crippen molar-refractivity contribution in [1.29, 1.82) is 0 Å². The van der Waals surface area contributed by atoms with Crippen molar-refractivity contribution in [3.05, 3.63) is 17.0 Å². The third-order valence-corrected chi connectivity index (χ3v) is 4.00. The van der Waals surface area contributed by atoms with E-state index in [4.69, 9.17) is 16.3 Å². The minimum Gasteiger partial charge on any atom is -0.388 e. The lowest BCUT2D eigenvalue weighted by molar-refractivity contribution is 0.0380. The van der Waals surface area contributed by atoms with E-state index >= 15 is 0 Å². The number of halogens is 1. The Morgan fingerprint density at radius 2 is 2.00 bits per heavy atom. The van der Waals surface area contributed by atoms with Crippen LogP contribution in [0.15, 0.2) is 6.07 Å². The maximum atomic E-state index is 10.6. The van der Waals surface area contributed by atoms with Gasteiger partial charge in [-0.05, 0) is 19.8 Å². The van der Waals surface area contributed by atoms with Crippen molar-refractivity contribution >= 4 is 17.4 Å². The second-order valence-corrected chi connectivity index (χ2v) is 6.01. The molecule has 1 aliphatic rings. The van der Waals surface area contributed by atoms with E-state index in [1.54, 1.807) is 6.07 Å². The fourth-order valence-electron chi connectivity index (χ4n) is 2.63. The first-order valence-corrected chi connectivity index (χ1v) is 8.06. The lowest BCUT2D eigenvalue weighted by atomic mass is 9.94. The number of hydrogen-bond acceptors (Lipinski definition) is 5.